The molecule has 0 radical (unpaired) electrons. The molecular formula is C31H26ClF7N4O4. The fourth-order valence-electron chi connectivity index (χ4n) is 5.06. The zero-order valence-electron chi connectivity index (χ0n) is 24.8. The van der Waals surface area contributed by atoms with E-state index in [1.54, 1.807) is 0 Å². The first-order chi connectivity index (χ1) is 21.8. The van der Waals surface area contributed by atoms with E-state index in [0.29, 0.717) is 6.07 Å². The fourth-order valence-corrected chi connectivity index (χ4v) is 5.35. The highest BCUT2D eigenvalue weighted by Crippen LogP contribution is 2.38. The number of carbonyl (C=O) groups excluding carboxylic acids is 1. The standard InChI is InChI=1S/C31H26ClF7N4O4/c1-4-23(31(37,38)39)41-16-12-20(32)25(21(33)13-16)27(44)42-22(29(46)47)11-15-7-8-18(26-17(15)6-5-9-40-26)24-19(30(34,35)36)10-14(2)43(3)28(24)45/h5-10,12-13,22-23,41H,4,11H2,1-3H3,(H,42,44)(H,46,47). The molecule has 2 atom stereocenters. The minimum Gasteiger partial charge on any atom is -0.480 e. The van der Waals surface area contributed by atoms with E-state index in [1.807, 2.05) is 0 Å². The Morgan fingerprint density at radius 2 is 1.77 bits per heavy atom. The van der Waals surface area contributed by atoms with Crippen molar-refractivity contribution in [1.29, 1.82) is 0 Å². The lowest BCUT2D eigenvalue weighted by Gasteiger charge is -2.22. The molecule has 2 heterocycles. The highest BCUT2D eigenvalue weighted by Gasteiger charge is 2.39. The van der Waals surface area contributed by atoms with Crippen LogP contribution in [0.4, 0.5) is 36.4 Å². The van der Waals surface area contributed by atoms with Crippen LogP contribution in [0.15, 0.2) is 53.5 Å². The Labute approximate surface area is 267 Å². The summed E-state index contributed by atoms with van der Waals surface area (Å²) in [6.45, 7) is 2.60. The second kappa shape index (κ2) is 13.2. The second-order valence-electron chi connectivity index (χ2n) is 10.6. The number of benzene rings is 2. The predicted molar refractivity (Wildman–Crippen MR) is 160 cm³/mol. The summed E-state index contributed by atoms with van der Waals surface area (Å²) in [7, 11) is 1.31. The topological polar surface area (TPSA) is 113 Å². The molecule has 16 heteroatoms. The third kappa shape index (κ3) is 7.34. The van der Waals surface area contributed by atoms with Gasteiger partial charge < -0.3 is 20.3 Å². The van der Waals surface area contributed by atoms with Crippen molar-refractivity contribution in [1.82, 2.24) is 14.9 Å². The zero-order valence-corrected chi connectivity index (χ0v) is 25.5. The SMILES string of the molecule is CCC(Nc1cc(F)c(C(=O)NC(Cc2ccc(-c3c(C(F)(F)F)cc(C)n(C)c3=O)c3ncccc23)C(=O)O)c(Cl)c1)C(F)(F)F. The summed E-state index contributed by atoms with van der Waals surface area (Å²) >= 11 is 6.04. The summed E-state index contributed by atoms with van der Waals surface area (Å²) in [6.07, 6.45) is -9.13. The van der Waals surface area contributed by atoms with E-state index in [9.17, 15) is 50.2 Å². The molecule has 8 nitrogen and oxygen atoms in total. The van der Waals surface area contributed by atoms with Gasteiger partial charge in [0.05, 0.1) is 27.2 Å². The summed E-state index contributed by atoms with van der Waals surface area (Å²) < 4.78 is 97.7. The third-order valence-electron chi connectivity index (χ3n) is 7.55. The number of carboxylic acid groups (broad SMARTS) is 1. The molecule has 0 spiro atoms. The van der Waals surface area contributed by atoms with E-state index in [1.165, 1.54) is 51.4 Å². The van der Waals surface area contributed by atoms with Gasteiger partial charge in [-0.25, -0.2) is 9.18 Å². The van der Waals surface area contributed by atoms with Crippen LogP contribution in [0, 0.1) is 12.7 Å². The first-order valence-electron chi connectivity index (χ1n) is 13.9. The molecular weight excluding hydrogens is 661 g/mol. The van der Waals surface area contributed by atoms with Gasteiger partial charge in [0.2, 0.25) is 0 Å². The number of carboxylic acids is 1. The summed E-state index contributed by atoms with van der Waals surface area (Å²) in [5, 5.41) is 13.7. The van der Waals surface area contributed by atoms with Gasteiger partial charge in [-0.05, 0) is 43.2 Å². The molecule has 250 valence electrons. The molecule has 2 unspecified atom stereocenters. The highest BCUT2D eigenvalue weighted by atomic mass is 35.5. The van der Waals surface area contributed by atoms with Gasteiger partial charge >= 0.3 is 18.3 Å². The van der Waals surface area contributed by atoms with Gasteiger partial charge in [0.1, 0.15) is 17.9 Å². The lowest BCUT2D eigenvalue weighted by Crippen LogP contribution is -2.42. The maximum atomic E-state index is 15.0. The van der Waals surface area contributed by atoms with Gasteiger partial charge in [-0.2, -0.15) is 26.3 Å². The van der Waals surface area contributed by atoms with Crippen LogP contribution in [-0.4, -0.2) is 44.8 Å². The van der Waals surface area contributed by atoms with Crippen molar-refractivity contribution in [2.24, 2.45) is 7.05 Å². The van der Waals surface area contributed by atoms with Crippen LogP contribution in [0.3, 0.4) is 0 Å². The Hall–Kier alpha value is -4.66. The monoisotopic (exact) mass is 686 g/mol. The number of nitrogens with one attached hydrogen (secondary N) is 2. The fraction of sp³-hybridized carbons (Fsp3) is 0.290. The van der Waals surface area contributed by atoms with Crippen molar-refractivity contribution in [3.05, 3.63) is 92.2 Å². The molecule has 0 aliphatic carbocycles. The number of aliphatic carboxylic acids is 1. The van der Waals surface area contributed by atoms with Crippen molar-refractivity contribution >= 4 is 40.1 Å². The van der Waals surface area contributed by atoms with E-state index in [4.69, 9.17) is 11.6 Å². The molecule has 0 fully saturated rings. The highest BCUT2D eigenvalue weighted by molar-refractivity contribution is 6.34. The van der Waals surface area contributed by atoms with Crippen molar-refractivity contribution in [2.45, 2.75) is 51.1 Å². The maximum absolute atomic E-state index is 15.0. The van der Waals surface area contributed by atoms with Crippen LogP contribution >= 0.6 is 11.6 Å². The molecule has 4 rings (SSSR count). The molecule has 0 aliphatic rings. The number of amides is 1. The zero-order chi connectivity index (χ0) is 35.0. The number of halogens is 8. The lowest BCUT2D eigenvalue weighted by molar-refractivity contribution is -0.143. The quantitative estimate of drug-likeness (QED) is 0.165. The summed E-state index contributed by atoms with van der Waals surface area (Å²) in [5.74, 6) is -4.18. The largest absolute Gasteiger partial charge is 0.480 e. The summed E-state index contributed by atoms with van der Waals surface area (Å²) in [6, 6.07) is 3.95. The summed E-state index contributed by atoms with van der Waals surface area (Å²) in [5.41, 5.74) is -3.90. The van der Waals surface area contributed by atoms with E-state index in [2.05, 4.69) is 15.6 Å². The maximum Gasteiger partial charge on any atom is 0.417 e. The predicted octanol–water partition coefficient (Wildman–Crippen LogP) is 6.90. The molecule has 2 aromatic carbocycles. The number of rotatable bonds is 9. The Kier molecular flexibility index (Phi) is 9.90. The van der Waals surface area contributed by atoms with Crippen LogP contribution in [0.5, 0.6) is 0 Å². The normalized spacial score (nSPS) is 13.3. The Morgan fingerprint density at radius 3 is 2.34 bits per heavy atom. The molecule has 0 bridgehead atoms. The number of carbonyl (C=O) groups is 2. The molecule has 0 aliphatic heterocycles. The van der Waals surface area contributed by atoms with Crippen molar-refractivity contribution in [3.8, 4) is 11.1 Å². The van der Waals surface area contributed by atoms with Gasteiger partial charge in [0.25, 0.3) is 11.5 Å². The minimum absolute atomic E-state index is 0.0478. The number of pyridine rings is 2. The van der Waals surface area contributed by atoms with Crippen molar-refractivity contribution in [2.75, 3.05) is 5.32 Å². The van der Waals surface area contributed by atoms with Gasteiger partial charge in [-0.15, -0.1) is 0 Å². The molecule has 3 N–H and O–H groups in total. The number of hydrogen-bond acceptors (Lipinski definition) is 5. The van der Waals surface area contributed by atoms with E-state index in [-0.39, 0.29) is 39.8 Å². The van der Waals surface area contributed by atoms with Crippen LogP contribution < -0.4 is 16.2 Å². The van der Waals surface area contributed by atoms with Gasteiger partial charge in [-0.3, -0.25) is 14.6 Å². The first-order valence-corrected chi connectivity index (χ1v) is 14.2. The smallest absolute Gasteiger partial charge is 0.417 e. The molecule has 47 heavy (non-hydrogen) atoms. The van der Waals surface area contributed by atoms with Crippen molar-refractivity contribution < 1.29 is 45.4 Å². The first kappa shape index (κ1) is 35.2. The van der Waals surface area contributed by atoms with Crippen LogP contribution in [0.1, 0.15) is 40.5 Å². The Bertz CT molecular complexity index is 1900. The number of fused-ring (bicyclic) bond motifs is 1. The minimum atomic E-state index is -4.90. The third-order valence-corrected chi connectivity index (χ3v) is 7.84. The van der Waals surface area contributed by atoms with Crippen LogP contribution in [-0.2, 0) is 24.4 Å². The van der Waals surface area contributed by atoms with Crippen LogP contribution in [0.25, 0.3) is 22.0 Å². The number of hydrogen-bond donors (Lipinski definition) is 3. The van der Waals surface area contributed by atoms with E-state index < -0.39 is 75.8 Å². The average Bonchev–Trinajstić information content (AvgIpc) is 2.97. The molecule has 4 aromatic rings. The lowest BCUT2D eigenvalue weighted by atomic mass is 9.93. The van der Waals surface area contributed by atoms with Gasteiger partial charge in [-0.1, -0.05) is 36.7 Å². The van der Waals surface area contributed by atoms with E-state index >= 15 is 0 Å². The second-order valence-corrected chi connectivity index (χ2v) is 11.0. The van der Waals surface area contributed by atoms with Crippen molar-refractivity contribution in [3.63, 3.8) is 0 Å². The number of aryl methyl sites for hydroxylation is 1. The Morgan fingerprint density at radius 1 is 1.09 bits per heavy atom. The number of aromatic nitrogens is 2. The number of anilines is 1. The molecule has 2 aromatic heterocycles. The van der Waals surface area contributed by atoms with Crippen LogP contribution in [0.2, 0.25) is 5.02 Å². The Balaban J connectivity index is 1.70. The molecule has 0 saturated carbocycles. The number of nitrogens with zero attached hydrogens (tertiary/aromatic N) is 2. The van der Waals surface area contributed by atoms with E-state index in [0.717, 1.165) is 16.7 Å². The summed E-state index contributed by atoms with van der Waals surface area (Å²) in [4.78, 5) is 42.5. The van der Waals surface area contributed by atoms with Gasteiger partial charge in [0.15, 0.2) is 0 Å². The van der Waals surface area contributed by atoms with Gasteiger partial charge in [0, 0.05) is 42.0 Å². The number of alkyl halides is 6. The molecule has 1 amide bonds. The molecule has 0 saturated heterocycles. The average molecular weight is 687 g/mol.